The Labute approximate surface area is 139 Å². The number of aryl methyl sites for hydroxylation is 1. The molecule has 0 aliphatic rings. The van der Waals surface area contributed by atoms with Crippen molar-refractivity contribution in [3.05, 3.63) is 49.8 Å². The van der Waals surface area contributed by atoms with Crippen LogP contribution < -0.4 is 5.56 Å². The SMILES string of the molecule is CCOC(=O)c1nc(C)c(CC(C)C)c(=O)n1Cc1cccs1. The zero-order valence-corrected chi connectivity index (χ0v) is 14.8. The molecule has 6 heteroatoms. The average molecular weight is 334 g/mol. The molecule has 0 saturated carbocycles. The summed E-state index contributed by atoms with van der Waals surface area (Å²) in [6, 6.07) is 3.86. The van der Waals surface area contributed by atoms with Gasteiger partial charge < -0.3 is 4.74 Å². The number of hydrogen-bond acceptors (Lipinski definition) is 5. The molecule has 0 radical (unpaired) electrons. The number of rotatable bonds is 6. The second kappa shape index (κ2) is 7.55. The van der Waals surface area contributed by atoms with Gasteiger partial charge in [0.15, 0.2) is 0 Å². The van der Waals surface area contributed by atoms with Crippen molar-refractivity contribution in [2.45, 2.75) is 40.7 Å². The van der Waals surface area contributed by atoms with E-state index in [0.29, 0.717) is 30.1 Å². The van der Waals surface area contributed by atoms with Crippen LogP contribution in [0.1, 0.15) is 47.5 Å². The van der Waals surface area contributed by atoms with Crippen molar-refractivity contribution in [2.24, 2.45) is 5.92 Å². The lowest BCUT2D eigenvalue weighted by molar-refractivity contribution is 0.0504. The standard InChI is InChI=1S/C17H22N2O3S/c1-5-22-17(21)15-18-12(4)14(9-11(2)3)16(20)19(15)10-13-7-6-8-23-13/h6-8,11H,5,9-10H2,1-4H3. The van der Waals surface area contributed by atoms with Gasteiger partial charge in [0.2, 0.25) is 5.82 Å². The van der Waals surface area contributed by atoms with Gasteiger partial charge in [-0.25, -0.2) is 9.78 Å². The van der Waals surface area contributed by atoms with Gasteiger partial charge in [0, 0.05) is 16.1 Å². The highest BCUT2D eigenvalue weighted by Gasteiger charge is 2.21. The largest absolute Gasteiger partial charge is 0.460 e. The van der Waals surface area contributed by atoms with E-state index < -0.39 is 5.97 Å². The van der Waals surface area contributed by atoms with Crippen LogP contribution in [0.25, 0.3) is 0 Å². The number of carbonyl (C=O) groups is 1. The highest BCUT2D eigenvalue weighted by Crippen LogP contribution is 2.14. The van der Waals surface area contributed by atoms with Crippen molar-refractivity contribution in [3.63, 3.8) is 0 Å². The third-order valence-electron chi connectivity index (χ3n) is 3.43. The van der Waals surface area contributed by atoms with Crippen molar-refractivity contribution >= 4 is 17.3 Å². The molecule has 2 aromatic rings. The molecule has 0 amide bonds. The Morgan fingerprint density at radius 3 is 2.74 bits per heavy atom. The molecular formula is C17H22N2O3S. The predicted octanol–water partition coefficient (Wildman–Crippen LogP) is 3.04. The fourth-order valence-electron chi connectivity index (χ4n) is 2.40. The van der Waals surface area contributed by atoms with Crippen molar-refractivity contribution in [2.75, 3.05) is 6.61 Å². The lowest BCUT2D eigenvalue weighted by atomic mass is 10.0. The normalized spacial score (nSPS) is 11.0. The molecule has 0 fully saturated rings. The van der Waals surface area contributed by atoms with E-state index in [1.165, 1.54) is 4.57 Å². The van der Waals surface area contributed by atoms with Gasteiger partial charge >= 0.3 is 5.97 Å². The number of ether oxygens (including phenoxy) is 1. The van der Waals surface area contributed by atoms with Crippen LogP contribution in [-0.4, -0.2) is 22.1 Å². The third kappa shape index (κ3) is 4.07. The van der Waals surface area contributed by atoms with Crippen LogP contribution in [0.3, 0.4) is 0 Å². The minimum Gasteiger partial charge on any atom is -0.460 e. The molecule has 0 atom stereocenters. The van der Waals surface area contributed by atoms with Crippen LogP contribution in [0.2, 0.25) is 0 Å². The minimum atomic E-state index is -0.555. The van der Waals surface area contributed by atoms with Crippen molar-refractivity contribution in [1.29, 1.82) is 0 Å². The molecule has 0 unspecified atom stereocenters. The topological polar surface area (TPSA) is 61.2 Å². The van der Waals surface area contributed by atoms with Crippen LogP contribution in [0, 0.1) is 12.8 Å². The summed E-state index contributed by atoms with van der Waals surface area (Å²) in [4.78, 5) is 30.5. The summed E-state index contributed by atoms with van der Waals surface area (Å²) in [5, 5.41) is 1.95. The van der Waals surface area contributed by atoms with Gasteiger partial charge in [-0.05, 0) is 37.6 Å². The van der Waals surface area contributed by atoms with Gasteiger partial charge in [-0.15, -0.1) is 11.3 Å². The Bertz CT molecular complexity index is 733. The second-order valence-electron chi connectivity index (χ2n) is 5.79. The maximum absolute atomic E-state index is 12.9. The first-order valence-corrected chi connectivity index (χ1v) is 8.61. The van der Waals surface area contributed by atoms with Crippen LogP contribution >= 0.6 is 11.3 Å². The monoisotopic (exact) mass is 334 g/mol. The number of esters is 1. The van der Waals surface area contributed by atoms with Gasteiger partial charge in [0.1, 0.15) is 0 Å². The van der Waals surface area contributed by atoms with Crippen molar-refractivity contribution in [1.82, 2.24) is 9.55 Å². The van der Waals surface area contributed by atoms with Gasteiger partial charge in [-0.3, -0.25) is 9.36 Å². The molecule has 124 valence electrons. The second-order valence-corrected chi connectivity index (χ2v) is 6.82. The van der Waals surface area contributed by atoms with Crippen molar-refractivity contribution in [3.8, 4) is 0 Å². The summed E-state index contributed by atoms with van der Waals surface area (Å²) in [7, 11) is 0. The molecule has 5 nitrogen and oxygen atoms in total. The molecule has 2 aromatic heterocycles. The molecule has 2 heterocycles. The van der Waals surface area contributed by atoms with E-state index in [1.807, 2.05) is 17.5 Å². The first-order valence-electron chi connectivity index (χ1n) is 7.73. The first kappa shape index (κ1) is 17.4. The average Bonchev–Trinajstić information content (AvgIpc) is 2.99. The summed E-state index contributed by atoms with van der Waals surface area (Å²) in [6.45, 7) is 8.21. The molecule has 0 aliphatic heterocycles. The van der Waals surface area contributed by atoms with E-state index in [0.717, 1.165) is 4.88 Å². The lowest BCUT2D eigenvalue weighted by Crippen LogP contribution is -2.33. The summed E-state index contributed by atoms with van der Waals surface area (Å²) >= 11 is 1.54. The summed E-state index contributed by atoms with van der Waals surface area (Å²) in [5.74, 6) is -0.137. The predicted molar refractivity (Wildman–Crippen MR) is 91.2 cm³/mol. The fourth-order valence-corrected chi connectivity index (χ4v) is 3.09. The molecule has 0 aliphatic carbocycles. The smallest absolute Gasteiger partial charge is 0.374 e. The molecule has 0 bridgehead atoms. The van der Waals surface area contributed by atoms with Crippen molar-refractivity contribution < 1.29 is 9.53 Å². The van der Waals surface area contributed by atoms with Gasteiger partial charge in [0.25, 0.3) is 5.56 Å². The van der Waals surface area contributed by atoms with Crippen LogP contribution in [0.5, 0.6) is 0 Å². The zero-order chi connectivity index (χ0) is 17.0. The zero-order valence-electron chi connectivity index (χ0n) is 14.0. The van der Waals surface area contributed by atoms with E-state index in [-0.39, 0.29) is 18.0 Å². The summed E-state index contributed by atoms with van der Waals surface area (Å²) in [6.07, 6.45) is 0.644. The first-order chi connectivity index (χ1) is 10.9. The number of hydrogen-bond donors (Lipinski definition) is 0. The van der Waals surface area contributed by atoms with Crippen LogP contribution in [0.15, 0.2) is 22.3 Å². The van der Waals surface area contributed by atoms with E-state index in [2.05, 4.69) is 18.8 Å². The number of aromatic nitrogens is 2. The van der Waals surface area contributed by atoms with E-state index >= 15 is 0 Å². The van der Waals surface area contributed by atoms with Gasteiger partial charge in [-0.1, -0.05) is 19.9 Å². The number of carbonyl (C=O) groups excluding carboxylic acids is 1. The Hall–Kier alpha value is -1.95. The van der Waals surface area contributed by atoms with Crippen LogP contribution in [0.4, 0.5) is 0 Å². The quantitative estimate of drug-likeness (QED) is 0.762. The molecule has 0 N–H and O–H groups in total. The Kier molecular flexibility index (Phi) is 5.71. The lowest BCUT2D eigenvalue weighted by Gasteiger charge is -2.15. The van der Waals surface area contributed by atoms with Crippen LogP contribution in [-0.2, 0) is 17.7 Å². The Morgan fingerprint density at radius 1 is 1.43 bits per heavy atom. The summed E-state index contributed by atoms with van der Waals surface area (Å²) in [5.41, 5.74) is 1.13. The highest BCUT2D eigenvalue weighted by molar-refractivity contribution is 7.09. The van der Waals surface area contributed by atoms with E-state index in [1.54, 1.807) is 25.2 Å². The van der Waals surface area contributed by atoms with Gasteiger partial charge in [0.05, 0.1) is 13.2 Å². The molecule has 0 aromatic carbocycles. The molecule has 0 spiro atoms. The molecule has 23 heavy (non-hydrogen) atoms. The third-order valence-corrected chi connectivity index (χ3v) is 4.29. The molecule has 2 rings (SSSR count). The number of nitrogens with zero attached hydrogens (tertiary/aromatic N) is 2. The van der Waals surface area contributed by atoms with E-state index in [4.69, 9.17) is 4.74 Å². The highest BCUT2D eigenvalue weighted by atomic mass is 32.1. The summed E-state index contributed by atoms with van der Waals surface area (Å²) < 4.78 is 6.50. The molecular weight excluding hydrogens is 312 g/mol. The Morgan fingerprint density at radius 2 is 2.17 bits per heavy atom. The molecule has 0 saturated heterocycles. The van der Waals surface area contributed by atoms with E-state index in [9.17, 15) is 9.59 Å². The number of thiophene rings is 1. The Balaban J connectivity index is 2.56. The fraction of sp³-hybridized carbons (Fsp3) is 0.471. The maximum Gasteiger partial charge on any atom is 0.374 e. The van der Waals surface area contributed by atoms with Gasteiger partial charge in [-0.2, -0.15) is 0 Å². The minimum absolute atomic E-state index is 0.0789. The maximum atomic E-state index is 12.9.